The molecule has 2 heterocycles. The number of sulfonamides is 1. The number of rotatable bonds is 5. The van der Waals surface area contributed by atoms with Gasteiger partial charge in [0.05, 0.1) is 17.5 Å². The Labute approximate surface area is 142 Å². The molecule has 0 radical (unpaired) electrons. The van der Waals surface area contributed by atoms with E-state index in [0.717, 1.165) is 12.8 Å². The first-order chi connectivity index (χ1) is 11.3. The SMILES string of the molecule is CN(C)c1ncc(C(=O)NC2CC2)c(C2CCN(S(C)(=O)=O)C2)n1. The summed E-state index contributed by atoms with van der Waals surface area (Å²) < 4.78 is 25.0. The second kappa shape index (κ2) is 6.29. The van der Waals surface area contributed by atoms with Gasteiger partial charge in [0.25, 0.3) is 5.91 Å². The summed E-state index contributed by atoms with van der Waals surface area (Å²) in [5.41, 5.74) is 1.09. The Morgan fingerprint density at radius 3 is 2.58 bits per heavy atom. The lowest BCUT2D eigenvalue weighted by molar-refractivity contribution is 0.0949. The maximum Gasteiger partial charge on any atom is 0.254 e. The fourth-order valence-electron chi connectivity index (χ4n) is 2.83. The van der Waals surface area contributed by atoms with E-state index in [9.17, 15) is 13.2 Å². The molecular weight excluding hydrogens is 330 g/mol. The van der Waals surface area contributed by atoms with Crippen LogP contribution in [0, 0.1) is 0 Å². The Kier molecular flexibility index (Phi) is 4.48. The highest BCUT2D eigenvalue weighted by molar-refractivity contribution is 7.88. The van der Waals surface area contributed by atoms with E-state index in [1.165, 1.54) is 10.6 Å². The molecule has 1 amide bonds. The molecular formula is C15H23N5O3S. The molecule has 1 unspecified atom stereocenters. The van der Waals surface area contributed by atoms with Crippen LogP contribution in [0.5, 0.6) is 0 Å². The minimum atomic E-state index is -3.23. The van der Waals surface area contributed by atoms with Gasteiger partial charge in [0.15, 0.2) is 0 Å². The van der Waals surface area contributed by atoms with Gasteiger partial charge in [0, 0.05) is 45.3 Å². The summed E-state index contributed by atoms with van der Waals surface area (Å²) in [6.45, 7) is 0.806. The van der Waals surface area contributed by atoms with Gasteiger partial charge in [-0.05, 0) is 19.3 Å². The van der Waals surface area contributed by atoms with E-state index in [1.54, 1.807) is 11.1 Å². The van der Waals surface area contributed by atoms with Crippen LogP contribution in [0.3, 0.4) is 0 Å². The third kappa shape index (κ3) is 3.67. The number of nitrogens with one attached hydrogen (secondary N) is 1. The molecule has 24 heavy (non-hydrogen) atoms. The van der Waals surface area contributed by atoms with E-state index in [1.807, 2.05) is 14.1 Å². The summed E-state index contributed by atoms with van der Waals surface area (Å²) in [6.07, 6.45) is 5.42. The zero-order chi connectivity index (χ0) is 17.5. The average molecular weight is 353 g/mol. The van der Waals surface area contributed by atoms with Gasteiger partial charge >= 0.3 is 0 Å². The van der Waals surface area contributed by atoms with Crippen molar-refractivity contribution in [3.63, 3.8) is 0 Å². The summed E-state index contributed by atoms with van der Waals surface area (Å²) in [4.78, 5) is 23.1. The number of aromatic nitrogens is 2. The fourth-order valence-corrected chi connectivity index (χ4v) is 3.72. The normalized spacial score (nSPS) is 21.7. The van der Waals surface area contributed by atoms with Gasteiger partial charge in [-0.3, -0.25) is 4.79 Å². The molecule has 0 bridgehead atoms. The fraction of sp³-hybridized carbons (Fsp3) is 0.667. The lowest BCUT2D eigenvalue weighted by atomic mass is 10.00. The predicted octanol–water partition coefficient (Wildman–Crippen LogP) is 0.184. The minimum absolute atomic E-state index is 0.0959. The Hall–Kier alpha value is -1.74. The number of anilines is 1. The van der Waals surface area contributed by atoms with E-state index in [0.29, 0.717) is 36.7 Å². The Balaban J connectivity index is 1.91. The number of amides is 1. The number of hydrogen-bond acceptors (Lipinski definition) is 6. The zero-order valence-electron chi connectivity index (χ0n) is 14.2. The third-order valence-electron chi connectivity index (χ3n) is 4.37. The van der Waals surface area contributed by atoms with Gasteiger partial charge < -0.3 is 10.2 Å². The van der Waals surface area contributed by atoms with Crippen LogP contribution in [0.25, 0.3) is 0 Å². The molecule has 1 atom stereocenters. The van der Waals surface area contributed by atoms with Crippen molar-refractivity contribution in [2.75, 3.05) is 38.3 Å². The van der Waals surface area contributed by atoms with Crippen molar-refractivity contribution in [3.05, 3.63) is 17.5 Å². The number of carbonyl (C=O) groups is 1. The van der Waals surface area contributed by atoms with E-state index in [4.69, 9.17) is 0 Å². The van der Waals surface area contributed by atoms with E-state index < -0.39 is 10.0 Å². The molecule has 1 aromatic rings. The summed E-state index contributed by atoms with van der Waals surface area (Å²) in [7, 11) is 0.435. The Bertz CT molecular complexity index is 745. The van der Waals surface area contributed by atoms with Gasteiger partial charge in [0.1, 0.15) is 0 Å². The maximum absolute atomic E-state index is 12.5. The standard InChI is InChI=1S/C15H23N5O3S/c1-19(2)15-16-8-12(14(21)17-11-4-5-11)13(18-15)10-6-7-20(9-10)24(3,22)23/h8,10-11H,4-7,9H2,1-3H3,(H,17,21). The van der Waals surface area contributed by atoms with Crippen LogP contribution in [0.15, 0.2) is 6.20 Å². The molecule has 0 aromatic carbocycles. The number of hydrogen-bond donors (Lipinski definition) is 1. The van der Waals surface area contributed by atoms with Crippen LogP contribution in [0.4, 0.5) is 5.95 Å². The van der Waals surface area contributed by atoms with Crippen molar-refractivity contribution < 1.29 is 13.2 Å². The van der Waals surface area contributed by atoms with Crippen molar-refractivity contribution >= 4 is 21.9 Å². The second-order valence-corrected chi connectivity index (χ2v) is 8.70. The van der Waals surface area contributed by atoms with Gasteiger partial charge in [0.2, 0.25) is 16.0 Å². The van der Waals surface area contributed by atoms with Gasteiger partial charge in [-0.15, -0.1) is 0 Å². The quantitative estimate of drug-likeness (QED) is 0.811. The molecule has 3 rings (SSSR count). The highest BCUT2D eigenvalue weighted by atomic mass is 32.2. The molecule has 0 spiro atoms. The van der Waals surface area contributed by atoms with Crippen LogP contribution >= 0.6 is 0 Å². The number of nitrogens with zero attached hydrogens (tertiary/aromatic N) is 4. The van der Waals surface area contributed by atoms with Gasteiger partial charge in [-0.25, -0.2) is 22.7 Å². The summed E-state index contributed by atoms with van der Waals surface area (Å²) in [5, 5.41) is 2.96. The smallest absolute Gasteiger partial charge is 0.254 e. The molecule has 1 aliphatic heterocycles. The molecule has 1 aromatic heterocycles. The first-order valence-electron chi connectivity index (χ1n) is 8.06. The number of carbonyl (C=O) groups excluding carboxylic acids is 1. The summed E-state index contributed by atoms with van der Waals surface area (Å²) in [6, 6.07) is 0.245. The monoisotopic (exact) mass is 353 g/mol. The van der Waals surface area contributed by atoms with Crippen molar-refractivity contribution in [2.24, 2.45) is 0 Å². The highest BCUT2D eigenvalue weighted by Crippen LogP contribution is 2.30. The zero-order valence-corrected chi connectivity index (χ0v) is 15.0. The van der Waals surface area contributed by atoms with Gasteiger partial charge in [-0.2, -0.15) is 0 Å². The van der Waals surface area contributed by atoms with Crippen molar-refractivity contribution in [2.45, 2.75) is 31.2 Å². The summed E-state index contributed by atoms with van der Waals surface area (Å²) >= 11 is 0. The van der Waals surface area contributed by atoms with E-state index in [-0.39, 0.29) is 17.9 Å². The van der Waals surface area contributed by atoms with Gasteiger partial charge in [-0.1, -0.05) is 0 Å². The molecule has 1 N–H and O–H groups in total. The molecule has 1 saturated heterocycles. The average Bonchev–Trinajstić information content (AvgIpc) is 3.16. The minimum Gasteiger partial charge on any atom is -0.349 e. The Morgan fingerprint density at radius 2 is 2.04 bits per heavy atom. The molecule has 2 aliphatic rings. The molecule has 1 aliphatic carbocycles. The van der Waals surface area contributed by atoms with Crippen LogP contribution < -0.4 is 10.2 Å². The molecule has 9 heteroatoms. The highest BCUT2D eigenvalue weighted by Gasteiger charge is 2.34. The summed E-state index contributed by atoms with van der Waals surface area (Å²) in [5.74, 6) is 0.253. The van der Waals surface area contributed by atoms with E-state index in [2.05, 4.69) is 15.3 Å². The third-order valence-corrected chi connectivity index (χ3v) is 5.64. The largest absolute Gasteiger partial charge is 0.349 e. The van der Waals surface area contributed by atoms with E-state index >= 15 is 0 Å². The molecule has 132 valence electrons. The first kappa shape index (κ1) is 17.1. The van der Waals surface area contributed by atoms with Crippen molar-refractivity contribution in [1.82, 2.24) is 19.6 Å². The van der Waals surface area contributed by atoms with Crippen LogP contribution in [-0.4, -0.2) is 68.1 Å². The molecule has 2 fully saturated rings. The predicted molar refractivity (Wildman–Crippen MR) is 90.6 cm³/mol. The van der Waals surface area contributed by atoms with Crippen molar-refractivity contribution in [1.29, 1.82) is 0 Å². The Morgan fingerprint density at radius 1 is 1.33 bits per heavy atom. The maximum atomic E-state index is 12.5. The molecule has 8 nitrogen and oxygen atoms in total. The van der Waals surface area contributed by atoms with Crippen LogP contribution in [0.1, 0.15) is 41.2 Å². The second-order valence-electron chi connectivity index (χ2n) is 6.72. The van der Waals surface area contributed by atoms with Crippen LogP contribution in [-0.2, 0) is 10.0 Å². The van der Waals surface area contributed by atoms with Crippen LogP contribution in [0.2, 0.25) is 0 Å². The topological polar surface area (TPSA) is 95.5 Å². The lowest BCUT2D eigenvalue weighted by Crippen LogP contribution is -2.30. The lowest BCUT2D eigenvalue weighted by Gasteiger charge is -2.18. The molecule has 1 saturated carbocycles. The van der Waals surface area contributed by atoms with Crippen molar-refractivity contribution in [3.8, 4) is 0 Å². The first-order valence-corrected chi connectivity index (χ1v) is 9.91.